The smallest absolute Gasteiger partial charge is 0.319 e. The number of aromatic hydroxyl groups is 1. The molecule has 5 heterocycles. The summed E-state index contributed by atoms with van der Waals surface area (Å²) in [5.41, 5.74) is -0.400. The number of fused-ring (bicyclic) bond motifs is 3. The second kappa shape index (κ2) is 13.7. The van der Waals surface area contributed by atoms with E-state index in [0.29, 0.717) is 43.2 Å². The van der Waals surface area contributed by atoms with Gasteiger partial charge in [-0.3, -0.25) is 4.90 Å². The number of piperidine rings is 2. The van der Waals surface area contributed by atoms with E-state index in [1.807, 2.05) is 4.90 Å². The number of phenolic OH excluding ortho intramolecular Hbond substituents is 1. The molecule has 268 valence electrons. The molecule has 4 unspecified atom stereocenters. The number of β-amino-alcohol motifs (C(OH)–C–C–N with tert-alkyl or cyclic N) is 1. The summed E-state index contributed by atoms with van der Waals surface area (Å²) in [6, 6.07) is 5.80. The molecule has 0 radical (unpaired) electrons. The highest BCUT2D eigenvalue weighted by Crippen LogP contribution is 2.49. The minimum Gasteiger partial charge on any atom is -0.508 e. The lowest BCUT2D eigenvalue weighted by atomic mass is 9.75. The van der Waals surface area contributed by atoms with Crippen molar-refractivity contribution >= 4 is 27.5 Å². The maximum atomic E-state index is 17.1. The van der Waals surface area contributed by atoms with Gasteiger partial charge in [-0.1, -0.05) is 18.4 Å². The fourth-order valence-corrected chi connectivity index (χ4v) is 9.11. The highest BCUT2D eigenvalue weighted by Gasteiger charge is 2.49. The molecular weight excluding hydrogens is 656 g/mol. The Balaban J connectivity index is 1.24. The third-order valence-electron chi connectivity index (χ3n) is 11.4. The van der Waals surface area contributed by atoms with Gasteiger partial charge in [-0.05, 0) is 81.5 Å². The number of halogens is 2. The van der Waals surface area contributed by atoms with Crippen molar-refractivity contribution in [3.05, 3.63) is 41.5 Å². The molecule has 2 aromatic heterocycles. The highest BCUT2D eigenvalue weighted by molar-refractivity contribution is 6.04. The Bertz CT molecular complexity index is 2020. The molecule has 10 nitrogen and oxygen atoms in total. The molecule has 2 N–H and O–H groups in total. The van der Waals surface area contributed by atoms with Crippen molar-refractivity contribution in [1.29, 1.82) is 0 Å². The Labute approximate surface area is 295 Å². The van der Waals surface area contributed by atoms with Gasteiger partial charge in [-0.25, -0.2) is 13.8 Å². The topological polar surface area (TPSA) is 113 Å². The zero-order valence-electron chi connectivity index (χ0n) is 28.8. The number of methoxy groups -OCH3 is 1. The van der Waals surface area contributed by atoms with Crippen LogP contribution in [0.4, 0.5) is 14.6 Å². The van der Waals surface area contributed by atoms with Crippen molar-refractivity contribution in [2.45, 2.75) is 76.0 Å². The predicted molar refractivity (Wildman–Crippen MR) is 189 cm³/mol. The number of benzene rings is 2. The average Bonchev–Trinajstić information content (AvgIpc) is 3.82. The number of ether oxygens (including phenoxy) is 3. The number of likely N-dealkylation sites (tertiary alicyclic amines) is 1. The number of phenols is 1. The first-order valence-electron chi connectivity index (χ1n) is 18.1. The lowest BCUT2D eigenvalue weighted by molar-refractivity contribution is -0.0252. The molecule has 0 spiro atoms. The van der Waals surface area contributed by atoms with Gasteiger partial charge in [0.2, 0.25) is 5.88 Å². The van der Waals surface area contributed by atoms with Crippen molar-refractivity contribution in [3.8, 4) is 41.2 Å². The van der Waals surface area contributed by atoms with Crippen molar-refractivity contribution in [3.63, 3.8) is 0 Å². The van der Waals surface area contributed by atoms with Crippen LogP contribution in [0, 0.1) is 29.4 Å². The summed E-state index contributed by atoms with van der Waals surface area (Å²) in [7, 11) is 1.42. The summed E-state index contributed by atoms with van der Waals surface area (Å²) in [5.74, 6) is 1.11. The van der Waals surface area contributed by atoms with Gasteiger partial charge in [0, 0.05) is 48.6 Å². The first kappa shape index (κ1) is 33.8. The number of aliphatic hydroxyl groups excluding tert-OH is 1. The van der Waals surface area contributed by atoms with E-state index >= 15 is 4.39 Å². The zero-order valence-corrected chi connectivity index (χ0v) is 28.8. The summed E-state index contributed by atoms with van der Waals surface area (Å²) >= 11 is 0. The Kier molecular flexibility index (Phi) is 9.07. The van der Waals surface area contributed by atoms with E-state index in [1.54, 1.807) is 0 Å². The fourth-order valence-electron chi connectivity index (χ4n) is 9.11. The number of hydrogen-bond acceptors (Lipinski definition) is 10. The van der Waals surface area contributed by atoms with Gasteiger partial charge < -0.3 is 29.3 Å². The van der Waals surface area contributed by atoms with Gasteiger partial charge in [-0.15, -0.1) is 6.42 Å². The van der Waals surface area contributed by atoms with E-state index in [1.165, 1.54) is 31.4 Å². The first-order chi connectivity index (χ1) is 24.8. The fraction of sp³-hybridized carbons (Fsp3) is 0.513. The molecule has 0 bridgehead atoms. The van der Waals surface area contributed by atoms with Gasteiger partial charge in [0.1, 0.15) is 34.0 Å². The van der Waals surface area contributed by atoms with Crippen molar-refractivity contribution < 1.29 is 33.2 Å². The van der Waals surface area contributed by atoms with Crippen molar-refractivity contribution in [2.75, 3.05) is 51.4 Å². The van der Waals surface area contributed by atoms with E-state index in [2.05, 4.69) is 20.8 Å². The van der Waals surface area contributed by atoms with Crippen LogP contribution < -0.4 is 14.4 Å². The number of aliphatic hydroxyl groups is 1. The summed E-state index contributed by atoms with van der Waals surface area (Å²) in [4.78, 5) is 18.6. The molecule has 1 saturated carbocycles. The monoisotopic (exact) mass is 699 g/mol. The largest absolute Gasteiger partial charge is 0.508 e. The van der Waals surface area contributed by atoms with E-state index in [-0.39, 0.29) is 68.8 Å². The first-order valence-corrected chi connectivity index (χ1v) is 18.1. The molecule has 4 atom stereocenters. The molecular formula is C39H43F2N5O5. The minimum atomic E-state index is -0.826. The van der Waals surface area contributed by atoms with Crippen LogP contribution >= 0.6 is 0 Å². The van der Waals surface area contributed by atoms with Crippen LogP contribution in [-0.2, 0) is 4.74 Å². The minimum absolute atomic E-state index is 0.0167. The normalized spacial score (nSPS) is 25.3. The van der Waals surface area contributed by atoms with Crippen LogP contribution in [0.25, 0.3) is 32.9 Å². The summed E-state index contributed by atoms with van der Waals surface area (Å²) in [6.07, 6.45) is 14.2. The molecule has 1 aliphatic carbocycles. The number of aromatic nitrogens is 3. The third kappa shape index (κ3) is 6.09. The van der Waals surface area contributed by atoms with Crippen LogP contribution in [0.2, 0.25) is 0 Å². The second-order valence-corrected chi connectivity index (χ2v) is 14.5. The molecule has 3 saturated heterocycles. The van der Waals surface area contributed by atoms with Crippen LogP contribution in [0.5, 0.6) is 17.6 Å². The summed E-state index contributed by atoms with van der Waals surface area (Å²) in [5, 5.41) is 22.2. The van der Waals surface area contributed by atoms with E-state index in [4.69, 9.17) is 25.6 Å². The number of pyridine rings is 1. The van der Waals surface area contributed by atoms with E-state index < -0.39 is 17.7 Å². The van der Waals surface area contributed by atoms with Gasteiger partial charge in [0.05, 0.1) is 31.5 Å². The lowest BCUT2D eigenvalue weighted by Crippen LogP contribution is -2.53. The van der Waals surface area contributed by atoms with Crippen LogP contribution in [0.3, 0.4) is 0 Å². The Hall–Kier alpha value is -4.31. The molecule has 0 amide bonds. The van der Waals surface area contributed by atoms with Gasteiger partial charge in [0.25, 0.3) is 0 Å². The number of anilines is 1. The second-order valence-electron chi connectivity index (χ2n) is 14.5. The zero-order chi connectivity index (χ0) is 35.3. The third-order valence-corrected chi connectivity index (χ3v) is 11.4. The number of rotatable bonds is 8. The Morgan fingerprint density at radius 2 is 1.90 bits per heavy atom. The Morgan fingerprint density at radius 3 is 2.69 bits per heavy atom. The SMILES string of the molecule is C#Cc1c(F)ccc2cc(O)cc(-c3nc(OC)c4c(N5CCCC(O)C5)nc(OCC56CCCC5N(CC5CCCO5)CCC6)nc4c3F)c12. The number of terminal acetylenes is 1. The standard InChI is InChI=1S/C39H43F2N5O5/c1-3-27-29(40)12-11-23-18-25(48)19-28(31(23)27)34-33(41)35-32(37(42-34)49-2)36(46-15-5-8-24(47)20-46)44-38(43-35)51-22-39-13-4-10-30(39)45(16-7-14-39)21-26-9-6-17-50-26/h1,11-12,18-19,24,26,30,47-48H,4-10,13-17,20-22H2,2H3. The predicted octanol–water partition coefficient (Wildman–Crippen LogP) is 5.97. The summed E-state index contributed by atoms with van der Waals surface area (Å²) in [6.45, 7) is 4.03. The van der Waals surface area contributed by atoms with Crippen LogP contribution in [0.15, 0.2) is 24.3 Å². The summed E-state index contributed by atoms with van der Waals surface area (Å²) < 4.78 is 50.4. The maximum absolute atomic E-state index is 17.1. The molecule has 4 aromatic rings. The molecule has 51 heavy (non-hydrogen) atoms. The van der Waals surface area contributed by atoms with Gasteiger partial charge >= 0.3 is 6.01 Å². The van der Waals surface area contributed by atoms with Crippen LogP contribution in [0.1, 0.15) is 63.4 Å². The molecule has 2 aromatic carbocycles. The maximum Gasteiger partial charge on any atom is 0.319 e. The number of hydrogen-bond donors (Lipinski definition) is 2. The van der Waals surface area contributed by atoms with Crippen molar-refractivity contribution in [2.24, 2.45) is 5.41 Å². The van der Waals surface area contributed by atoms with Gasteiger partial charge in [0.15, 0.2) is 5.82 Å². The van der Waals surface area contributed by atoms with E-state index in [0.717, 1.165) is 64.6 Å². The van der Waals surface area contributed by atoms with Crippen molar-refractivity contribution in [1.82, 2.24) is 19.9 Å². The average molecular weight is 700 g/mol. The molecule has 12 heteroatoms. The Morgan fingerprint density at radius 1 is 1.04 bits per heavy atom. The lowest BCUT2D eigenvalue weighted by Gasteiger charge is -2.46. The molecule has 3 aliphatic heterocycles. The van der Waals surface area contributed by atoms with E-state index in [9.17, 15) is 14.6 Å². The highest BCUT2D eigenvalue weighted by atomic mass is 19.1. The quantitative estimate of drug-likeness (QED) is 0.213. The number of nitrogens with zero attached hydrogens (tertiary/aromatic N) is 5. The molecule has 4 aliphatic rings. The van der Waals surface area contributed by atoms with Crippen LogP contribution in [-0.4, -0.2) is 94.8 Å². The molecule has 4 fully saturated rings. The molecule has 8 rings (SSSR count). The van der Waals surface area contributed by atoms with Gasteiger partial charge in [-0.2, -0.15) is 9.97 Å².